The van der Waals surface area contributed by atoms with Crippen LogP contribution in [0.1, 0.15) is 50.6 Å². The molecule has 0 aromatic heterocycles. The van der Waals surface area contributed by atoms with E-state index in [9.17, 15) is 4.39 Å². The van der Waals surface area contributed by atoms with E-state index >= 15 is 0 Å². The lowest BCUT2D eigenvalue weighted by Crippen LogP contribution is -2.16. The van der Waals surface area contributed by atoms with Crippen molar-refractivity contribution in [2.45, 2.75) is 45.1 Å². The SMILES string of the molecule is CCCCCCC(NC)c1ccc(OC)c(F)c1. The molecule has 0 saturated carbocycles. The van der Waals surface area contributed by atoms with Gasteiger partial charge in [0.05, 0.1) is 7.11 Å². The molecule has 0 aliphatic heterocycles. The van der Waals surface area contributed by atoms with Gasteiger partial charge in [-0.15, -0.1) is 0 Å². The summed E-state index contributed by atoms with van der Waals surface area (Å²) in [6.45, 7) is 2.20. The van der Waals surface area contributed by atoms with E-state index in [-0.39, 0.29) is 11.9 Å². The highest BCUT2D eigenvalue weighted by Gasteiger charge is 2.11. The van der Waals surface area contributed by atoms with Crippen molar-refractivity contribution in [2.24, 2.45) is 0 Å². The van der Waals surface area contributed by atoms with Gasteiger partial charge in [0.1, 0.15) is 0 Å². The summed E-state index contributed by atoms with van der Waals surface area (Å²) in [5.74, 6) is 0.0170. The van der Waals surface area contributed by atoms with Crippen molar-refractivity contribution in [1.82, 2.24) is 5.32 Å². The molecule has 0 aliphatic rings. The standard InChI is InChI=1S/C15H24FNO/c1-4-5-6-7-8-14(17-2)12-9-10-15(18-3)13(16)11-12/h9-11,14,17H,4-8H2,1-3H3. The summed E-state index contributed by atoms with van der Waals surface area (Å²) in [5, 5.41) is 3.25. The highest BCUT2D eigenvalue weighted by Crippen LogP contribution is 2.25. The molecule has 1 unspecified atom stereocenters. The van der Waals surface area contributed by atoms with Gasteiger partial charge in [-0.25, -0.2) is 4.39 Å². The Hall–Kier alpha value is -1.09. The molecule has 0 radical (unpaired) electrons. The topological polar surface area (TPSA) is 21.3 Å². The molecule has 0 saturated heterocycles. The van der Waals surface area contributed by atoms with Crippen LogP contribution in [0.4, 0.5) is 4.39 Å². The van der Waals surface area contributed by atoms with Crippen molar-refractivity contribution < 1.29 is 9.13 Å². The van der Waals surface area contributed by atoms with E-state index in [4.69, 9.17) is 4.74 Å². The normalized spacial score (nSPS) is 12.4. The second-order valence-electron chi connectivity index (χ2n) is 4.58. The van der Waals surface area contributed by atoms with E-state index in [1.165, 1.54) is 32.8 Å². The predicted molar refractivity (Wildman–Crippen MR) is 73.5 cm³/mol. The molecule has 102 valence electrons. The lowest BCUT2D eigenvalue weighted by atomic mass is 10.00. The minimum absolute atomic E-state index is 0.224. The minimum Gasteiger partial charge on any atom is -0.494 e. The van der Waals surface area contributed by atoms with Gasteiger partial charge in [-0.05, 0) is 31.2 Å². The van der Waals surface area contributed by atoms with Gasteiger partial charge < -0.3 is 10.1 Å². The molecule has 2 nitrogen and oxygen atoms in total. The second-order valence-corrected chi connectivity index (χ2v) is 4.58. The fraction of sp³-hybridized carbons (Fsp3) is 0.600. The summed E-state index contributed by atoms with van der Waals surface area (Å²) in [4.78, 5) is 0. The van der Waals surface area contributed by atoms with Crippen LogP contribution in [0.3, 0.4) is 0 Å². The van der Waals surface area contributed by atoms with Crippen LogP contribution >= 0.6 is 0 Å². The Balaban J connectivity index is 2.61. The number of rotatable bonds is 8. The third-order valence-corrected chi connectivity index (χ3v) is 3.27. The molecule has 18 heavy (non-hydrogen) atoms. The molecule has 0 fully saturated rings. The maximum absolute atomic E-state index is 13.6. The predicted octanol–water partition coefficient (Wildman–Crippen LogP) is 4.07. The van der Waals surface area contributed by atoms with Crippen LogP contribution in [-0.2, 0) is 0 Å². The Morgan fingerprint density at radius 3 is 2.61 bits per heavy atom. The average Bonchev–Trinajstić information content (AvgIpc) is 2.39. The first-order valence-corrected chi connectivity index (χ1v) is 6.73. The minimum atomic E-state index is -0.288. The molecule has 1 aromatic rings. The number of hydrogen-bond donors (Lipinski definition) is 1. The van der Waals surface area contributed by atoms with Crippen LogP contribution < -0.4 is 10.1 Å². The molecular weight excluding hydrogens is 229 g/mol. The molecule has 0 aliphatic carbocycles. The summed E-state index contributed by atoms with van der Waals surface area (Å²) in [7, 11) is 3.41. The summed E-state index contributed by atoms with van der Waals surface area (Å²) in [6.07, 6.45) is 5.97. The summed E-state index contributed by atoms with van der Waals surface area (Å²) >= 11 is 0. The zero-order valence-electron chi connectivity index (χ0n) is 11.6. The highest BCUT2D eigenvalue weighted by atomic mass is 19.1. The molecule has 0 bridgehead atoms. The molecule has 1 aromatic carbocycles. The van der Waals surface area contributed by atoms with Crippen molar-refractivity contribution >= 4 is 0 Å². The van der Waals surface area contributed by atoms with Crippen LogP contribution in [0.5, 0.6) is 5.75 Å². The van der Waals surface area contributed by atoms with Gasteiger partial charge in [0.2, 0.25) is 0 Å². The number of halogens is 1. The number of benzene rings is 1. The third kappa shape index (κ3) is 4.30. The van der Waals surface area contributed by atoms with Gasteiger partial charge >= 0.3 is 0 Å². The Morgan fingerprint density at radius 1 is 1.28 bits per heavy atom. The smallest absolute Gasteiger partial charge is 0.165 e. The third-order valence-electron chi connectivity index (χ3n) is 3.27. The molecule has 0 spiro atoms. The van der Waals surface area contributed by atoms with Gasteiger partial charge in [-0.3, -0.25) is 0 Å². The van der Waals surface area contributed by atoms with Gasteiger partial charge in [0.15, 0.2) is 11.6 Å². The molecule has 0 heterocycles. The van der Waals surface area contributed by atoms with Gasteiger partial charge in [0, 0.05) is 6.04 Å². The summed E-state index contributed by atoms with van der Waals surface area (Å²) in [5.41, 5.74) is 0.993. The first-order chi connectivity index (χ1) is 8.72. The van der Waals surface area contributed by atoms with Crippen molar-refractivity contribution in [1.29, 1.82) is 0 Å². The van der Waals surface area contributed by atoms with E-state index in [1.807, 2.05) is 13.1 Å². The molecule has 1 N–H and O–H groups in total. The lowest BCUT2D eigenvalue weighted by molar-refractivity contribution is 0.385. The number of ether oxygens (including phenoxy) is 1. The fourth-order valence-corrected chi connectivity index (χ4v) is 2.15. The van der Waals surface area contributed by atoms with Crippen LogP contribution in [-0.4, -0.2) is 14.2 Å². The van der Waals surface area contributed by atoms with E-state index in [0.717, 1.165) is 12.0 Å². The number of methoxy groups -OCH3 is 1. The maximum atomic E-state index is 13.6. The second kappa shape index (κ2) is 8.09. The number of nitrogens with one attached hydrogen (secondary N) is 1. The van der Waals surface area contributed by atoms with Gasteiger partial charge in [0.25, 0.3) is 0 Å². The maximum Gasteiger partial charge on any atom is 0.165 e. The molecule has 1 rings (SSSR count). The number of unbranched alkanes of at least 4 members (excludes halogenated alkanes) is 3. The van der Waals surface area contributed by atoms with Gasteiger partial charge in [-0.2, -0.15) is 0 Å². The van der Waals surface area contributed by atoms with E-state index in [1.54, 1.807) is 12.1 Å². The van der Waals surface area contributed by atoms with E-state index < -0.39 is 0 Å². The number of hydrogen-bond acceptors (Lipinski definition) is 2. The zero-order valence-corrected chi connectivity index (χ0v) is 11.6. The lowest BCUT2D eigenvalue weighted by Gasteiger charge is -2.17. The van der Waals surface area contributed by atoms with Crippen LogP contribution in [0.25, 0.3) is 0 Å². The molecular formula is C15H24FNO. The monoisotopic (exact) mass is 253 g/mol. The van der Waals surface area contributed by atoms with Crippen molar-refractivity contribution in [3.05, 3.63) is 29.6 Å². The summed E-state index contributed by atoms with van der Waals surface area (Å²) < 4.78 is 18.6. The van der Waals surface area contributed by atoms with Crippen molar-refractivity contribution in [2.75, 3.05) is 14.2 Å². The Labute approximate surface area is 110 Å². The summed E-state index contributed by atoms with van der Waals surface area (Å²) in [6, 6.07) is 5.42. The Morgan fingerprint density at radius 2 is 2.06 bits per heavy atom. The first kappa shape index (κ1) is 15.0. The van der Waals surface area contributed by atoms with Crippen LogP contribution in [0, 0.1) is 5.82 Å². The van der Waals surface area contributed by atoms with Crippen molar-refractivity contribution in [3.63, 3.8) is 0 Å². The Bertz CT molecular complexity index is 354. The molecule has 1 atom stereocenters. The van der Waals surface area contributed by atoms with Gasteiger partial charge in [-0.1, -0.05) is 38.7 Å². The van der Waals surface area contributed by atoms with E-state index in [0.29, 0.717) is 5.75 Å². The fourth-order valence-electron chi connectivity index (χ4n) is 2.15. The van der Waals surface area contributed by atoms with Crippen molar-refractivity contribution in [3.8, 4) is 5.75 Å². The van der Waals surface area contributed by atoms with Crippen LogP contribution in [0.15, 0.2) is 18.2 Å². The zero-order chi connectivity index (χ0) is 13.4. The first-order valence-electron chi connectivity index (χ1n) is 6.73. The molecule has 3 heteroatoms. The highest BCUT2D eigenvalue weighted by molar-refractivity contribution is 5.31. The van der Waals surface area contributed by atoms with Crippen LogP contribution in [0.2, 0.25) is 0 Å². The molecule has 0 amide bonds. The Kier molecular flexibility index (Phi) is 6.73. The average molecular weight is 253 g/mol. The quantitative estimate of drug-likeness (QED) is 0.705. The van der Waals surface area contributed by atoms with E-state index in [2.05, 4.69) is 12.2 Å². The largest absolute Gasteiger partial charge is 0.494 e.